The van der Waals surface area contributed by atoms with Gasteiger partial charge in [-0.1, -0.05) is 43.3 Å². The molecule has 0 saturated heterocycles. The molecular weight excluding hydrogens is 244 g/mol. The average Bonchev–Trinajstić information content (AvgIpc) is 2.51. The number of benzene rings is 2. The fraction of sp³-hybridized carbons (Fsp3) is 0.278. The van der Waals surface area contributed by atoms with E-state index in [9.17, 15) is 5.26 Å². The van der Waals surface area contributed by atoms with E-state index >= 15 is 0 Å². The highest BCUT2D eigenvalue weighted by Gasteiger charge is 2.24. The van der Waals surface area contributed by atoms with Gasteiger partial charge in [0.05, 0.1) is 17.3 Å². The van der Waals surface area contributed by atoms with Crippen molar-refractivity contribution in [3.05, 3.63) is 65.2 Å². The number of rotatable bonds is 2. The third-order valence-electron chi connectivity index (χ3n) is 4.17. The van der Waals surface area contributed by atoms with Gasteiger partial charge in [-0.2, -0.15) is 5.26 Å². The van der Waals surface area contributed by atoms with Crippen molar-refractivity contribution in [1.82, 2.24) is 0 Å². The van der Waals surface area contributed by atoms with Crippen LogP contribution in [0.5, 0.6) is 0 Å². The van der Waals surface area contributed by atoms with Crippen molar-refractivity contribution >= 4 is 5.69 Å². The van der Waals surface area contributed by atoms with Gasteiger partial charge in [-0.15, -0.1) is 0 Å². The Bertz CT molecular complexity index is 654. The predicted octanol–water partition coefficient (Wildman–Crippen LogP) is 4.61. The van der Waals surface area contributed by atoms with Gasteiger partial charge < -0.3 is 5.32 Å². The lowest BCUT2D eigenvalue weighted by Crippen LogP contribution is -2.19. The zero-order valence-electron chi connectivity index (χ0n) is 11.6. The van der Waals surface area contributed by atoms with Crippen LogP contribution in [0, 0.1) is 11.3 Å². The highest BCUT2D eigenvalue weighted by atomic mass is 14.9. The van der Waals surface area contributed by atoms with Gasteiger partial charge in [0, 0.05) is 0 Å². The van der Waals surface area contributed by atoms with E-state index in [1.165, 1.54) is 17.5 Å². The van der Waals surface area contributed by atoms with Crippen molar-refractivity contribution in [2.45, 2.75) is 31.7 Å². The minimum Gasteiger partial charge on any atom is -0.377 e. The SMILES string of the molecule is CC1CCC(Nc2ccccc2C#N)c2ccccc21. The van der Waals surface area contributed by atoms with Crippen molar-refractivity contribution in [2.75, 3.05) is 5.32 Å². The third-order valence-corrected chi connectivity index (χ3v) is 4.17. The summed E-state index contributed by atoms with van der Waals surface area (Å²) in [5, 5.41) is 12.7. The lowest BCUT2D eigenvalue weighted by Gasteiger charge is -2.31. The Morgan fingerprint density at radius 3 is 2.50 bits per heavy atom. The van der Waals surface area contributed by atoms with Gasteiger partial charge in [-0.3, -0.25) is 0 Å². The van der Waals surface area contributed by atoms with Gasteiger partial charge in [0.1, 0.15) is 6.07 Å². The molecule has 2 nitrogen and oxygen atoms in total. The molecule has 0 radical (unpaired) electrons. The number of hydrogen-bond acceptors (Lipinski definition) is 2. The summed E-state index contributed by atoms with van der Waals surface area (Å²) in [7, 11) is 0. The van der Waals surface area contributed by atoms with Crippen LogP contribution in [0.25, 0.3) is 0 Å². The first-order valence-corrected chi connectivity index (χ1v) is 7.14. The maximum atomic E-state index is 9.20. The maximum absolute atomic E-state index is 9.20. The highest BCUT2D eigenvalue weighted by molar-refractivity contribution is 5.58. The molecule has 1 aliphatic rings. The van der Waals surface area contributed by atoms with Crippen LogP contribution in [0.1, 0.15) is 48.4 Å². The Kier molecular flexibility index (Phi) is 3.43. The molecule has 1 N–H and O–H groups in total. The first-order chi connectivity index (χ1) is 9.79. The molecule has 0 saturated carbocycles. The number of nitrogens with one attached hydrogen (secondary N) is 1. The summed E-state index contributed by atoms with van der Waals surface area (Å²) < 4.78 is 0. The zero-order chi connectivity index (χ0) is 13.9. The fourth-order valence-electron chi connectivity index (χ4n) is 3.05. The number of anilines is 1. The van der Waals surface area contributed by atoms with Crippen molar-refractivity contribution in [3.8, 4) is 6.07 Å². The lowest BCUT2D eigenvalue weighted by molar-refractivity contribution is 0.534. The Labute approximate surface area is 120 Å². The molecule has 2 aromatic rings. The molecule has 0 bridgehead atoms. The first-order valence-electron chi connectivity index (χ1n) is 7.14. The maximum Gasteiger partial charge on any atom is 0.101 e. The van der Waals surface area contributed by atoms with Gasteiger partial charge >= 0.3 is 0 Å². The third kappa shape index (κ3) is 2.28. The summed E-state index contributed by atoms with van der Waals surface area (Å²) in [6.45, 7) is 2.29. The predicted molar refractivity (Wildman–Crippen MR) is 81.6 cm³/mol. The van der Waals surface area contributed by atoms with E-state index in [-0.39, 0.29) is 0 Å². The van der Waals surface area contributed by atoms with Gasteiger partial charge in [0.2, 0.25) is 0 Å². The summed E-state index contributed by atoms with van der Waals surface area (Å²) in [6, 6.07) is 18.9. The van der Waals surface area contributed by atoms with Crippen LogP contribution in [0.2, 0.25) is 0 Å². The second-order valence-corrected chi connectivity index (χ2v) is 5.46. The number of hydrogen-bond donors (Lipinski definition) is 1. The van der Waals surface area contributed by atoms with E-state index in [4.69, 9.17) is 0 Å². The largest absolute Gasteiger partial charge is 0.377 e. The van der Waals surface area contributed by atoms with E-state index in [0.29, 0.717) is 17.5 Å². The molecule has 2 heteroatoms. The number of fused-ring (bicyclic) bond motifs is 1. The van der Waals surface area contributed by atoms with Gasteiger partial charge in [-0.25, -0.2) is 0 Å². The summed E-state index contributed by atoms with van der Waals surface area (Å²) in [4.78, 5) is 0. The minimum absolute atomic E-state index is 0.303. The molecule has 2 atom stereocenters. The summed E-state index contributed by atoms with van der Waals surface area (Å²) in [6.07, 6.45) is 2.29. The van der Waals surface area contributed by atoms with Crippen molar-refractivity contribution in [2.24, 2.45) is 0 Å². The van der Waals surface area contributed by atoms with E-state index < -0.39 is 0 Å². The quantitative estimate of drug-likeness (QED) is 0.858. The Hall–Kier alpha value is -2.27. The van der Waals surface area contributed by atoms with Crippen LogP contribution >= 0.6 is 0 Å². The molecule has 2 aromatic carbocycles. The van der Waals surface area contributed by atoms with Crippen LogP contribution in [0.3, 0.4) is 0 Å². The van der Waals surface area contributed by atoms with Crippen LogP contribution in [-0.4, -0.2) is 0 Å². The molecule has 0 heterocycles. The molecule has 2 unspecified atom stereocenters. The summed E-state index contributed by atoms with van der Waals surface area (Å²) in [5.41, 5.74) is 4.46. The Morgan fingerprint density at radius 2 is 1.70 bits per heavy atom. The van der Waals surface area contributed by atoms with E-state index in [1.54, 1.807) is 0 Å². The molecule has 0 spiro atoms. The van der Waals surface area contributed by atoms with Crippen molar-refractivity contribution < 1.29 is 0 Å². The summed E-state index contributed by atoms with van der Waals surface area (Å²) >= 11 is 0. The molecule has 3 rings (SSSR count). The monoisotopic (exact) mass is 262 g/mol. The zero-order valence-corrected chi connectivity index (χ0v) is 11.6. The molecule has 0 amide bonds. The molecule has 0 fully saturated rings. The molecule has 1 aliphatic carbocycles. The van der Waals surface area contributed by atoms with Crippen molar-refractivity contribution in [3.63, 3.8) is 0 Å². The van der Waals surface area contributed by atoms with E-state index in [1.807, 2.05) is 24.3 Å². The Balaban J connectivity index is 1.93. The number of para-hydroxylation sites is 1. The molecule has 100 valence electrons. The van der Waals surface area contributed by atoms with Crippen LogP contribution < -0.4 is 5.32 Å². The normalized spacial score (nSPS) is 20.8. The van der Waals surface area contributed by atoms with Gasteiger partial charge in [0.25, 0.3) is 0 Å². The number of nitriles is 1. The minimum atomic E-state index is 0.303. The van der Waals surface area contributed by atoms with E-state index in [2.05, 4.69) is 42.6 Å². The molecule has 0 aromatic heterocycles. The second kappa shape index (κ2) is 5.38. The molecule has 20 heavy (non-hydrogen) atoms. The number of nitrogens with zero attached hydrogens (tertiary/aromatic N) is 1. The average molecular weight is 262 g/mol. The molecule has 0 aliphatic heterocycles. The topological polar surface area (TPSA) is 35.8 Å². The second-order valence-electron chi connectivity index (χ2n) is 5.46. The van der Waals surface area contributed by atoms with Gasteiger partial charge in [0.15, 0.2) is 0 Å². The van der Waals surface area contributed by atoms with Crippen LogP contribution in [-0.2, 0) is 0 Å². The van der Waals surface area contributed by atoms with Crippen molar-refractivity contribution in [1.29, 1.82) is 5.26 Å². The van der Waals surface area contributed by atoms with Crippen LogP contribution in [0.15, 0.2) is 48.5 Å². The first kappa shape index (κ1) is 12.7. The van der Waals surface area contributed by atoms with Gasteiger partial charge in [-0.05, 0) is 42.0 Å². The fourth-order valence-corrected chi connectivity index (χ4v) is 3.05. The van der Waals surface area contributed by atoms with E-state index in [0.717, 1.165) is 12.1 Å². The summed E-state index contributed by atoms with van der Waals surface area (Å²) in [5.74, 6) is 0.621. The standard InChI is InChI=1S/C18H18N2/c1-13-10-11-18(16-8-4-3-7-15(13)16)20-17-9-5-2-6-14(17)12-19/h2-9,13,18,20H,10-11H2,1H3. The highest BCUT2D eigenvalue weighted by Crippen LogP contribution is 2.39. The smallest absolute Gasteiger partial charge is 0.101 e. The lowest BCUT2D eigenvalue weighted by atomic mass is 9.81. The Morgan fingerprint density at radius 1 is 1.00 bits per heavy atom. The molecular formula is C18H18N2. The van der Waals surface area contributed by atoms with Crippen LogP contribution in [0.4, 0.5) is 5.69 Å².